The summed E-state index contributed by atoms with van der Waals surface area (Å²) >= 11 is 13.2. The zero-order valence-electron chi connectivity index (χ0n) is 20.8. The number of halogens is 1. The van der Waals surface area contributed by atoms with Crippen LogP contribution in [0.5, 0.6) is 11.5 Å². The highest BCUT2D eigenvalue weighted by Gasteiger charge is 2.33. The summed E-state index contributed by atoms with van der Waals surface area (Å²) in [7, 11) is 1.48. The lowest BCUT2D eigenvalue weighted by Gasteiger charge is -2.16. The van der Waals surface area contributed by atoms with Crippen molar-refractivity contribution in [2.45, 2.75) is 20.8 Å². The predicted octanol–water partition coefficient (Wildman–Crippen LogP) is 6.70. The topological polar surface area (TPSA) is 67.9 Å². The van der Waals surface area contributed by atoms with E-state index in [-0.39, 0.29) is 29.2 Å². The third-order valence-corrected chi connectivity index (χ3v) is 7.36. The maximum absolute atomic E-state index is 13.2. The average molecular weight is 553 g/mol. The molecule has 1 heterocycles. The second-order valence-corrected chi connectivity index (χ2v) is 10.6. The first kappa shape index (κ1) is 26.7. The molecule has 2 amide bonds. The number of anilines is 2. The number of rotatable bonds is 7. The van der Waals surface area contributed by atoms with Crippen LogP contribution < -0.4 is 19.7 Å². The maximum Gasteiger partial charge on any atom is 0.270 e. The third kappa shape index (κ3) is 6.15. The molecule has 190 valence electrons. The number of amides is 2. The van der Waals surface area contributed by atoms with Gasteiger partial charge in [-0.3, -0.25) is 14.5 Å². The maximum atomic E-state index is 13.2. The number of hydrogen-bond acceptors (Lipinski definition) is 6. The molecule has 1 aliphatic rings. The Morgan fingerprint density at radius 2 is 1.81 bits per heavy atom. The largest absolute Gasteiger partial charge is 0.493 e. The fourth-order valence-electron chi connectivity index (χ4n) is 3.64. The molecule has 3 aromatic rings. The minimum absolute atomic E-state index is 0.207. The number of nitrogens with zero attached hydrogens (tertiary/aromatic N) is 1. The normalized spacial score (nSPS) is 14.3. The van der Waals surface area contributed by atoms with E-state index in [2.05, 4.69) is 5.32 Å². The van der Waals surface area contributed by atoms with Gasteiger partial charge in [-0.25, -0.2) is 0 Å². The van der Waals surface area contributed by atoms with Crippen LogP contribution in [0, 0.1) is 20.8 Å². The first-order chi connectivity index (χ1) is 17.7. The van der Waals surface area contributed by atoms with E-state index in [4.69, 9.17) is 33.3 Å². The van der Waals surface area contributed by atoms with Crippen LogP contribution in [0.1, 0.15) is 22.3 Å². The van der Waals surface area contributed by atoms with Crippen molar-refractivity contribution in [3.05, 3.63) is 86.8 Å². The van der Waals surface area contributed by atoms with E-state index in [9.17, 15) is 9.59 Å². The summed E-state index contributed by atoms with van der Waals surface area (Å²) in [6.45, 7) is 5.73. The molecule has 1 saturated heterocycles. The number of aryl methyl sites for hydroxylation is 3. The number of thiocarbonyl (C=S) groups is 1. The standard InChI is InChI=1S/C28H25ClN2O4S2/c1-16-5-8-20(9-6-16)30-25(32)15-35-26-22(29)12-19(13-23(26)34-4)14-24-27(33)31(28(36)37-24)21-10-7-17(2)18(3)11-21/h5-14H,15H2,1-4H3,(H,30,32)/b24-14-. The summed E-state index contributed by atoms with van der Waals surface area (Å²) in [4.78, 5) is 27.5. The third-order valence-electron chi connectivity index (χ3n) is 5.77. The number of thioether (sulfide) groups is 1. The van der Waals surface area contributed by atoms with Crippen molar-refractivity contribution in [1.82, 2.24) is 0 Å². The second-order valence-electron chi connectivity index (χ2n) is 8.52. The van der Waals surface area contributed by atoms with Gasteiger partial charge in [0.1, 0.15) is 0 Å². The minimum Gasteiger partial charge on any atom is -0.493 e. The number of benzene rings is 3. The van der Waals surface area contributed by atoms with Crippen molar-refractivity contribution in [2.75, 3.05) is 23.9 Å². The molecule has 0 aromatic heterocycles. The first-order valence-corrected chi connectivity index (χ1v) is 13.0. The Bertz CT molecular complexity index is 1420. The van der Waals surface area contributed by atoms with E-state index in [0.717, 1.165) is 22.4 Å². The monoisotopic (exact) mass is 552 g/mol. The Balaban J connectivity index is 1.50. The van der Waals surface area contributed by atoms with Gasteiger partial charge in [-0.05, 0) is 79.9 Å². The van der Waals surface area contributed by atoms with Gasteiger partial charge in [0, 0.05) is 5.69 Å². The SMILES string of the molecule is COc1cc(/C=C2\SC(=S)N(c3ccc(C)c(C)c3)C2=O)cc(Cl)c1OCC(=O)Nc1ccc(C)cc1. The summed E-state index contributed by atoms with van der Waals surface area (Å²) in [5.41, 5.74) is 5.36. The van der Waals surface area contributed by atoms with Crippen molar-refractivity contribution >= 4 is 69.2 Å². The summed E-state index contributed by atoms with van der Waals surface area (Å²) in [5.74, 6) is 0.0390. The molecule has 0 unspecified atom stereocenters. The number of carbonyl (C=O) groups is 2. The van der Waals surface area contributed by atoms with Crippen LogP contribution in [0.2, 0.25) is 5.02 Å². The number of carbonyl (C=O) groups excluding carboxylic acids is 2. The van der Waals surface area contributed by atoms with Gasteiger partial charge in [-0.2, -0.15) is 0 Å². The van der Waals surface area contributed by atoms with Crippen molar-refractivity contribution in [3.8, 4) is 11.5 Å². The number of nitrogens with one attached hydrogen (secondary N) is 1. The molecule has 3 aromatic carbocycles. The van der Waals surface area contributed by atoms with Gasteiger partial charge in [0.25, 0.3) is 11.8 Å². The minimum atomic E-state index is -0.332. The quantitative estimate of drug-likeness (QED) is 0.260. The zero-order chi connectivity index (χ0) is 26.7. The molecular weight excluding hydrogens is 528 g/mol. The van der Waals surface area contributed by atoms with Crippen LogP contribution in [0.15, 0.2) is 59.5 Å². The predicted molar refractivity (Wildman–Crippen MR) is 155 cm³/mol. The summed E-state index contributed by atoms with van der Waals surface area (Å²) in [6.07, 6.45) is 1.71. The molecule has 1 aliphatic heterocycles. The van der Waals surface area contributed by atoms with Gasteiger partial charge in [-0.1, -0.05) is 59.3 Å². The average Bonchev–Trinajstić information content (AvgIpc) is 3.13. The molecule has 37 heavy (non-hydrogen) atoms. The van der Waals surface area contributed by atoms with Crippen LogP contribution in [-0.4, -0.2) is 29.9 Å². The lowest BCUT2D eigenvalue weighted by atomic mass is 10.1. The van der Waals surface area contributed by atoms with Crippen molar-refractivity contribution < 1.29 is 19.1 Å². The first-order valence-electron chi connectivity index (χ1n) is 11.4. The Morgan fingerprint density at radius 3 is 2.49 bits per heavy atom. The van der Waals surface area contributed by atoms with Gasteiger partial charge in [0.05, 0.1) is 22.7 Å². The molecule has 0 atom stereocenters. The fourth-order valence-corrected chi connectivity index (χ4v) is 5.21. The molecule has 0 radical (unpaired) electrons. The van der Waals surface area contributed by atoms with Crippen LogP contribution >= 0.6 is 35.6 Å². The molecule has 0 aliphatic carbocycles. The van der Waals surface area contributed by atoms with Crippen molar-refractivity contribution in [1.29, 1.82) is 0 Å². The molecule has 6 nitrogen and oxygen atoms in total. The van der Waals surface area contributed by atoms with Crippen LogP contribution in [0.25, 0.3) is 6.08 Å². The van der Waals surface area contributed by atoms with Gasteiger partial charge >= 0.3 is 0 Å². The summed E-state index contributed by atoms with van der Waals surface area (Å²) in [5, 5.41) is 3.02. The molecule has 4 rings (SSSR count). The van der Waals surface area contributed by atoms with Crippen molar-refractivity contribution in [2.24, 2.45) is 0 Å². The molecule has 1 N–H and O–H groups in total. The van der Waals surface area contributed by atoms with Crippen LogP contribution in [-0.2, 0) is 9.59 Å². The molecule has 1 fully saturated rings. The number of hydrogen-bond donors (Lipinski definition) is 1. The molecule has 0 bridgehead atoms. The molecule has 0 saturated carbocycles. The van der Waals surface area contributed by atoms with E-state index in [1.54, 1.807) is 18.2 Å². The summed E-state index contributed by atoms with van der Waals surface area (Å²) < 4.78 is 11.6. The van der Waals surface area contributed by atoms with E-state index in [0.29, 0.717) is 26.2 Å². The van der Waals surface area contributed by atoms with Gasteiger partial charge in [0.15, 0.2) is 22.4 Å². The fraction of sp³-hybridized carbons (Fsp3) is 0.179. The van der Waals surface area contributed by atoms with E-state index >= 15 is 0 Å². The molecular formula is C28H25ClN2O4S2. The summed E-state index contributed by atoms with van der Waals surface area (Å²) in [6, 6.07) is 16.6. The Labute approximate surface area is 230 Å². The Morgan fingerprint density at radius 1 is 1.08 bits per heavy atom. The van der Waals surface area contributed by atoms with Gasteiger partial charge in [-0.15, -0.1) is 0 Å². The highest BCUT2D eigenvalue weighted by molar-refractivity contribution is 8.27. The smallest absolute Gasteiger partial charge is 0.270 e. The zero-order valence-corrected chi connectivity index (χ0v) is 23.1. The Hall–Kier alpha value is -3.33. The van der Waals surface area contributed by atoms with Crippen molar-refractivity contribution in [3.63, 3.8) is 0 Å². The highest BCUT2D eigenvalue weighted by Crippen LogP contribution is 2.40. The Kier molecular flexibility index (Phi) is 8.22. The highest BCUT2D eigenvalue weighted by atomic mass is 35.5. The van der Waals surface area contributed by atoms with Gasteiger partial charge in [0.2, 0.25) is 0 Å². The van der Waals surface area contributed by atoms with Crippen LogP contribution in [0.3, 0.4) is 0 Å². The number of methoxy groups -OCH3 is 1. The lowest BCUT2D eigenvalue weighted by molar-refractivity contribution is -0.118. The van der Waals surface area contributed by atoms with E-state index in [1.807, 2.05) is 63.2 Å². The molecule has 0 spiro atoms. The van der Waals surface area contributed by atoms with E-state index < -0.39 is 0 Å². The number of ether oxygens (including phenoxy) is 2. The lowest BCUT2D eigenvalue weighted by Crippen LogP contribution is -2.27. The van der Waals surface area contributed by atoms with E-state index in [1.165, 1.54) is 23.8 Å². The van der Waals surface area contributed by atoms with Gasteiger partial charge < -0.3 is 14.8 Å². The van der Waals surface area contributed by atoms with Crippen LogP contribution in [0.4, 0.5) is 11.4 Å². The second kappa shape index (κ2) is 11.4. The molecule has 9 heteroatoms.